The Morgan fingerprint density at radius 3 is 2.50 bits per heavy atom. The Labute approximate surface area is 211 Å². The van der Waals surface area contributed by atoms with Gasteiger partial charge in [-0.05, 0) is 58.3 Å². The molecule has 198 valence electrons. The van der Waals surface area contributed by atoms with Crippen molar-refractivity contribution in [2.24, 2.45) is 0 Å². The number of anilines is 1. The van der Waals surface area contributed by atoms with Gasteiger partial charge in [-0.1, -0.05) is 11.6 Å². The Morgan fingerprint density at radius 2 is 1.86 bits per heavy atom. The summed E-state index contributed by atoms with van der Waals surface area (Å²) in [6.07, 6.45) is -4.01. The van der Waals surface area contributed by atoms with Crippen LogP contribution in [0.25, 0.3) is 0 Å². The van der Waals surface area contributed by atoms with Crippen LogP contribution < -0.4 is 26.7 Å². The predicted octanol–water partition coefficient (Wildman–Crippen LogP) is 2.17. The molecule has 0 fully saturated rings. The van der Waals surface area contributed by atoms with E-state index in [2.05, 4.69) is 10.6 Å². The Kier molecular flexibility index (Phi) is 10.2. The van der Waals surface area contributed by atoms with Crippen molar-refractivity contribution in [2.75, 3.05) is 39.5 Å². The third kappa shape index (κ3) is 8.45. The minimum atomic E-state index is -4.79. The number of benzene rings is 1. The number of amides is 2. The zero-order chi connectivity index (χ0) is 27.0. The molecule has 0 aliphatic rings. The number of hydrogen-bond acceptors (Lipinski definition) is 6. The molecule has 0 saturated heterocycles. The van der Waals surface area contributed by atoms with Crippen LogP contribution in [0.4, 0.5) is 18.9 Å². The largest absolute Gasteiger partial charge is 0.483 e. The van der Waals surface area contributed by atoms with Crippen molar-refractivity contribution in [3.05, 3.63) is 56.5 Å². The Bertz CT molecular complexity index is 1150. The maximum absolute atomic E-state index is 13.0. The van der Waals surface area contributed by atoms with Gasteiger partial charge in [-0.3, -0.25) is 14.4 Å². The van der Waals surface area contributed by atoms with Crippen molar-refractivity contribution in [2.45, 2.75) is 32.6 Å². The fourth-order valence-corrected chi connectivity index (χ4v) is 3.45. The predicted molar refractivity (Wildman–Crippen MR) is 130 cm³/mol. The zero-order valence-corrected chi connectivity index (χ0v) is 20.9. The molecule has 9 nitrogen and oxygen atoms in total. The van der Waals surface area contributed by atoms with E-state index < -0.39 is 35.4 Å². The van der Waals surface area contributed by atoms with Gasteiger partial charge in [0.2, 0.25) is 5.91 Å². The minimum Gasteiger partial charge on any atom is -0.483 e. The molecule has 2 aromatic rings. The average molecular weight is 532 g/mol. The van der Waals surface area contributed by atoms with Gasteiger partial charge in [-0.25, -0.2) is 0 Å². The molecule has 36 heavy (non-hydrogen) atoms. The van der Waals surface area contributed by atoms with Crippen LogP contribution in [0.3, 0.4) is 0 Å². The lowest BCUT2D eigenvalue weighted by Gasteiger charge is -2.16. The first kappa shape index (κ1) is 29.0. The molecule has 0 bridgehead atoms. The van der Waals surface area contributed by atoms with Crippen molar-refractivity contribution in [1.29, 1.82) is 0 Å². The number of nitrogens with zero attached hydrogens (tertiary/aromatic N) is 2. The fourth-order valence-electron chi connectivity index (χ4n) is 3.25. The van der Waals surface area contributed by atoms with Crippen molar-refractivity contribution < 1.29 is 27.5 Å². The normalized spacial score (nSPS) is 11.4. The summed E-state index contributed by atoms with van der Waals surface area (Å²) in [6.45, 7) is 1.74. The van der Waals surface area contributed by atoms with E-state index in [0.29, 0.717) is 22.9 Å². The first-order chi connectivity index (χ1) is 16.8. The lowest BCUT2D eigenvalue weighted by molar-refractivity contribution is -0.137. The van der Waals surface area contributed by atoms with E-state index in [1.165, 1.54) is 6.92 Å². The molecule has 0 aliphatic heterocycles. The van der Waals surface area contributed by atoms with Crippen LogP contribution in [0.15, 0.2) is 29.1 Å². The third-order valence-electron chi connectivity index (χ3n) is 5.11. The highest BCUT2D eigenvalue weighted by Crippen LogP contribution is 2.32. The van der Waals surface area contributed by atoms with Crippen LogP contribution in [0.5, 0.6) is 5.75 Å². The standard InChI is InChI=1S/C23H29ClF3N5O4/c1-14-9-17(23(25,26)27)21(28)22(35)32(14)12-19(33)30-11-15-10-16(24)5-6-18(15)36-13-20(34)29-7-4-8-31(2)3/h5-6,9-10H,4,7-8,11-13,28H2,1-3H3,(H,29,34)(H,30,33). The summed E-state index contributed by atoms with van der Waals surface area (Å²) in [5, 5.41) is 5.68. The number of carbonyl (C=O) groups excluding carboxylic acids is 2. The van der Waals surface area contributed by atoms with Crippen molar-refractivity contribution in [3.63, 3.8) is 0 Å². The maximum atomic E-state index is 13.0. The molecule has 13 heteroatoms. The van der Waals surface area contributed by atoms with E-state index in [1.807, 2.05) is 19.0 Å². The molecule has 2 rings (SSSR count). The fraction of sp³-hybridized carbons (Fsp3) is 0.435. The van der Waals surface area contributed by atoms with Crippen LogP contribution in [-0.4, -0.2) is 55.1 Å². The molecule has 1 heterocycles. The molecular formula is C23H29ClF3N5O4. The van der Waals surface area contributed by atoms with Gasteiger partial charge in [0, 0.05) is 29.4 Å². The molecule has 0 atom stereocenters. The highest BCUT2D eigenvalue weighted by Gasteiger charge is 2.35. The molecule has 0 saturated carbocycles. The van der Waals surface area contributed by atoms with Gasteiger partial charge in [0.05, 0.1) is 5.56 Å². The third-order valence-corrected chi connectivity index (χ3v) is 5.35. The first-order valence-corrected chi connectivity index (χ1v) is 11.3. The number of alkyl halides is 3. The highest BCUT2D eigenvalue weighted by atomic mass is 35.5. The summed E-state index contributed by atoms with van der Waals surface area (Å²) in [5.41, 5.74) is 2.43. The highest BCUT2D eigenvalue weighted by molar-refractivity contribution is 6.30. The number of aryl methyl sites for hydroxylation is 1. The van der Waals surface area contributed by atoms with Gasteiger partial charge in [0.25, 0.3) is 11.5 Å². The van der Waals surface area contributed by atoms with Crippen LogP contribution in [0, 0.1) is 6.92 Å². The van der Waals surface area contributed by atoms with Crippen LogP contribution >= 0.6 is 11.6 Å². The number of aromatic nitrogens is 1. The molecule has 0 unspecified atom stereocenters. The number of ether oxygens (including phenoxy) is 1. The summed E-state index contributed by atoms with van der Waals surface area (Å²) in [7, 11) is 3.87. The summed E-state index contributed by atoms with van der Waals surface area (Å²) in [6, 6.07) is 5.37. The van der Waals surface area contributed by atoms with Crippen LogP contribution in [-0.2, 0) is 28.9 Å². The van der Waals surface area contributed by atoms with Crippen molar-refractivity contribution >= 4 is 29.1 Å². The Morgan fingerprint density at radius 1 is 1.17 bits per heavy atom. The number of pyridine rings is 1. The number of nitrogens with two attached hydrogens (primary N) is 1. The molecule has 1 aromatic heterocycles. The molecular weight excluding hydrogens is 503 g/mol. The quantitative estimate of drug-likeness (QED) is 0.382. The van der Waals surface area contributed by atoms with E-state index in [0.717, 1.165) is 23.6 Å². The van der Waals surface area contributed by atoms with Gasteiger partial charge in [0.15, 0.2) is 6.61 Å². The summed E-state index contributed by atoms with van der Waals surface area (Å²) >= 11 is 6.04. The molecule has 0 aliphatic carbocycles. The topological polar surface area (TPSA) is 119 Å². The SMILES string of the molecule is Cc1cc(C(F)(F)F)c(N)c(=O)n1CC(=O)NCc1cc(Cl)ccc1OCC(=O)NCCCN(C)C. The van der Waals surface area contributed by atoms with E-state index in [9.17, 15) is 27.6 Å². The summed E-state index contributed by atoms with van der Waals surface area (Å²) in [5.74, 6) is -0.646. The number of nitrogens with one attached hydrogen (secondary N) is 2. The van der Waals surface area contributed by atoms with Crippen molar-refractivity contribution in [3.8, 4) is 5.75 Å². The maximum Gasteiger partial charge on any atom is 0.418 e. The van der Waals surface area contributed by atoms with Crippen molar-refractivity contribution in [1.82, 2.24) is 20.1 Å². The lowest BCUT2D eigenvalue weighted by atomic mass is 10.1. The molecule has 0 spiro atoms. The Hall–Kier alpha value is -3.25. The van der Waals surface area contributed by atoms with E-state index in [4.69, 9.17) is 22.1 Å². The number of rotatable bonds is 11. The molecule has 0 radical (unpaired) electrons. The second-order valence-electron chi connectivity index (χ2n) is 8.33. The van der Waals surface area contributed by atoms with E-state index in [1.54, 1.807) is 18.2 Å². The molecule has 1 aromatic carbocycles. The number of nitrogen functional groups attached to an aromatic ring is 1. The first-order valence-electron chi connectivity index (χ1n) is 11.0. The second kappa shape index (κ2) is 12.6. The Balaban J connectivity index is 2.01. The second-order valence-corrected chi connectivity index (χ2v) is 8.76. The van der Waals surface area contributed by atoms with Crippen LogP contribution in [0.1, 0.15) is 23.2 Å². The summed E-state index contributed by atoms with van der Waals surface area (Å²) in [4.78, 5) is 38.8. The van der Waals surface area contributed by atoms with E-state index in [-0.39, 0.29) is 24.8 Å². The van der Waals surface area contributed by atoms with E-state index >= 15 is 0 Å². The van der Waals surface area contributed by atoms with Gasteiger partial charge in [-0.15, -0.1) is 0 Å². The monoisotopic (exact) mass is 531 g/mol. The smallest absolute Gasteiger partial charge is 0.418 e. The molecule has 4 N–H and O–H groups in total. The van der Waals surface area contributed by atoms with Gasteiger partial charge >= 0.3 is 6.18 Å². The van der Waals surface area contributed by atoms with Gasteiger partial charge in [-0.2, -0.15) is 13.2 Å². The number of hydrogen-bond donors (Lipinski definition) is 3. The minimum absolute atomic E-state index is 0.0664. The van der Waals surface area contributed by atoms with Gasteiger partial charge in [0.1, 0.15) is 18.0 Å². The number of halogens is 4. The molecule has 2 amide bonds. The summed E-state index contributed by atoms with van der Waals surface area (Å²) < 4.78 is 45.6. The van der Waals surface area contributed by atoms with Gasteiger partial charge < -0.3 is 30.6 Å². The lowest BCUT2D eigenvalue weighted by Crippen LogP contribution is -2.35. The van der Waals surface area contributed by atoms with Crippen LogP contribution in [0.2, 0.25) is 5.02 Å². The number of carbonyl (C=O) groups is 2. The zero-order valence-electron chi connectivity index (χ0n) is 20.2. The average Bonchev–Trinajstić information content (AvgIpc) is 2.79.